The SMILES string of the molecule is C=C/C(=C\C(CC=O)=C(\O)CC=O)C(C)(C)c1cc(CC=O)c(O)c(CP2(=O)Oc3ccccc3-c3ccccc32)c1.c1ccc2c(c1)OPc1ccccc1-2.c1ccc2c(c1)OPc1ccccc1-2.c1ccc2c(c1)OPc1ccccc1-2. The lowest BCUT2D eigenvalue weighted by Crippen LogP contribution is -2.22. The van der Waals surface area contributed by atoms with E-state index in [1.165, 1.54) is 49.3 Å². The smallest absolute Gasteiger partial charge is 0.282 e. The number of aliphatic hydroxyl groups is 1. The molecule has 4 aliphatic heterocycles. The third kappa shape index (κ3) is 12.8. The van der Waals surface area contributed by atoms with Crippen molar-refractivity contribution in [2.45, 2.75) is 44.7 Å². The van der Waals surface area contributed by atoms with Gasteiger partial charge in [-0.1, -0.05) is 209 Å². The van der Waals surface area contributed by atoms with Crippen molar-refractivity contribution in [3.8, 4) is 73.3 Å². The van der Waals surface area contributed by atoms with Gasteiger partial charge in [0.25, 0.3) is 7.37 Å². The molecule has 9 aromatic carbocycles. The standard InChI is InChI=1S/C34H33O7P.3C12H9OP/c1-4-26(19-23(13-16-35)30(38)15-18-37)34(2,3)27-20-24(14-17-36)33(39)25(21-27)22-42(40)32-12-8-6-10-29(32)28-9-5-7-11-31(28)41-42;3*1-3-7-11-9(5-1)10-6-2-4-8-12(10)14-13-11/h4-12,16-21,38-39H,1,13-15,22H2,2-3H3;3*1-8,14H/b26-19+,30-23+;;;. The van der Waals surface area contributed by atoms with Gasteiger partial charge in [0.2, 0.25) is 0 Å². The first kappa shape index (κ1) is 58.7. The molecule has 13 rings (SSSR count). The van der Waals surface area contributed by atoms with E-state index in [1.54, 1.807) is 42.5 Å². The van der Waals surface area contributed by atoms with E-state index in [2.05, 4.69) is 97.6 Å². The van der Waals surface area contributed by atoms with Crippen molar-refractivity contribution in [2.75, 3.05) is 0 Å². The van der Waals surface area contributed by atoms with Gasteiger partial charge in [0.1, 0.15) is 79.8 Å². The van der Waals surface area contributed by atoms with Gasteiger partial charge in [-0.25, -0.2) is 0 Å². The van der Waals surface area contributed by atoms with Crippen molar-refractivity contribution in [1.29, 1.82) is 0 Å². The Morgan fingerprint density at radius 1 is 0.512 bits per heavy atom. The highest BCUT2D eigenvalue weighted by atomic mass is 31.2. The second-order valence-corrected chi connectivity index (χ2v) is 25.5. The first-order chi connectivity index (χ1) is 40.9. The van der Waals surface area contributed by atoms with E-state index in [1.807, 2.05) is 98.8 Å². The number of hydrogen-bond acceptors (Lipinski definition) is 10. The van der Waals surface area contributed by atoms with E-state index >= 15 is 0 Å². The fraction of sp³-hybridized carbons (Fsp3) is 0.100. The van der Waals surface area contributed by atoms with E-state index in [0.29, 0.717) is 78.6 Å². The first-order valence-corrected chi connectivity index (χ1v) is 31.7. The monoisotopic (exact) mass is 1180 g/mol. The number of benzene rings is 9. The Hall–Kier alpha value is -8.47. The molecule has 0 saturated heterocycles. The minimum atomic E-state index is -3.57. The van der Waals surface area contributed by atoms with Crippen LogP contribution in [-0.4, -0.2) is 29.1 Å². The zero-order valence-electron chi connectivity index (χ0n) is 46.2. The number of rotatable bonds is 12. The molecule has 2 N–H and O–H groups in total. The fourth-order valence-corrected chi connectivity index (χ4v) is 15.3. The number of hydrogen-bond donors (Lipinski definition) is 2. The van der Waals surface area contributed by atoms with E-state index in [9.17, 15) is 29.2 Å². The summed E-state index contributed by atoms with van der Waals surface area (Å²) < 4.78 is 37.8. The van der Waals surface area contributed by atoms with Crippen LogP contribution in [0.15, 0.2) is 242 Å². The second kappa shape index (κ2) is 26.8. The van der Waals surface area contributed by atoms with Crippen LogP contribution in [0.5, 0.6) is 28.7 Å². The summed E-state index contributed by atoms with van der Waals surface area (Å²) in [5, 5.41) is 26.1. The number of carbonyl (C=O) groups excluding carboxylic acids is 3. The lowest BCUT2D eigenvalue weighted by atomic mass is 9.75. The maximum absolute atomic E-state index is 14.6. The number of phenolic OH excluding ortho intramolecular Hbond substituents is 1. The van der Waals surface area contributed by atoms with Crippen molar-refractivity contribution >= 4 is 73.9 Å². The summed E-state index contributed by atoms with van der Waals surface area (Å²) in [6, 6.07) is 68.0. The van der Waals surface area contributed by atoms with Gasteiger partial charge in [-0.05, 0) is 69.3 Å². The highest BCUT2D eigenvalue weighted by Crippen LogP contribution is 2.58. The number of aldehydes is 3. The Balaban J connectivity index is 0.000000149. The van der Waals surface area contributed by atoms with Crippen LogP contribution in [0.3, 0.4) is 0 Å². The van der Waals surface area contributed by atoms with Crippen molar-refractivity contribution in [1.82, 2.24) is 0 Å². The Kier molecular flexibility index (Phi) is 18.8. The summed E-state index contributed by atoms with van der Waals surface area (Å²) in [6.45, 7) is 7.70. The largest absolute Gasteiger partial charge is 0.512 e. The van der Waals surface area contributed by atoms with Crippen LogP contribution in [0, 0.1) is 0 Å². The molecule has 0 spiro atoms. The highest BCUT2D eigenvalue weighted by molar-refractivity contribution is 7.67. The molecule has 420 valence electrons. The zero-order chi connectivity index (χ0) is 58.6. The zero-order valence-corrected chi connectivity index (χ0v) is 50.1. The van der Waals surface area contributed by atoms with Crippen LogP contribution in [0.4, 0.5) is 0 Å². The summed E-state index contributed by atoms with van der Waals surface area (Å²) in [5.41, 5.74) is 10.7. The van der Waals surface area contributed by atoms with E-state index < -0.39 is 12.8 Å². The Morgan fingerprint density at radius 3 is 1.36 bits per heavy atom. The average molecular weight is 1190 g/mol. The van der Waals surface area contributed by atoms with Crippen molar-refractivity contribution in [3.63, 3.8) is 0 Å². The number of allylic oxidation sites excluding steroid dienone is 5. The predicted octanol–water partition coefficient (Wildman–Crippen LogP) is 15.6. The molecular formula is C70H60O10P4. The van der Waals surface area contributed by atoms with Crippen LogP contribution in [0.25, 0.3) is 44.5 Å². The molecule has 0 fully saturated rings. The second-order valence-electron chi connectivity index (χ2n) is 20.3. The maximum atomic E-state index is 14.6. The predicted molar refractivity (Wildman–Crippen MR) is 345 cm³/mol. The van der Waals surface area contributed by atoms with Gasteiger partial charge in [0.05, 0.1) is 17.9 Å². The number of para-hydroxylation sites is 4. The minimum Gasteiger partial charge on any atom is -0.512 e. The third-order valence-electron chi connectivity index (χ3n) is 14.7. The Bertz CT molecular complexity index is 3700. The molecule has 4 atom stereocenters. The first-order valence-electron chi connectivity index (χ1n) is 27.2. The number of fused-ring (bicyclic) bond motifs is 12. The van der Waals surface area contributed by atoms with Crippen molar-refractivity contribution < 1.29 is 47.3 Å². The lowest BCUT2D eigenvalue weighted by Gasteiger charge is -2.31. The number of aromatic hydroxyl groups is 1. The summed E-state index contributed by atoms with van der Waals surface area (Å²) >= 11 is 0. The molecule has 0 saturated carbocycles. The summed E-state index contributed by atoms with van der Waals surface area (Å²) in [6.07, 6.45) is 4.54. The van der Waals surface area contributed by atoms with Crippen LogP contribution in [-0.2, 0) is 36.9 Å². The molecule has 10 nitrogen and oxygen atoms in total. The van der Waals surface area contributed by atoms with Gasteiger partial charge in [-0.15, -0.1) is 0 Å². The highest BCUT2D eigenvalue weighted by Gasteiger charge is 2.38. The van der Waals surface area contributed by atoms with Gasteiger partial charge in [-0.2, -0.15) is 0 Å². The van der Waals surface area contributed by atoms with Gasteiger partial charge >= 0.3 is 0 Å². The molecule has 4 unspecified atom stereocenters. The minimum absolute atomic E-state index is 0.0725. The molecule has 0 aliphatic carbocycles. The van der Waals surface area contributed by atoms with E-state index in [-0.39, 0.29) is 42.5 Å². The number of phenols is 1. The summed E-state index contributed by atoms with van der Waals surface area (Å²) in [5.74, 6) is 3.15. The van der Waals surface area contributed by atoms with Crippen LogP contribution < -0.4 is 39.3 Å². The summed E-state index contributed by atoms with van der Waals surface area (Å²) in [7, 11) is -2.25. The van der Waals surface area contributed by atoms with Gasteiger partial charge in [-0.3, -0.25) is 4.57 Å². The molecule has 4 heterocycles. The number of carbonyl (C=O) groups is 3. The van der Waals surface area contributed by atoms with Gasteiger partial charge < -0.3 is 42.7 Å². The molecule has 0 amide bonds. The van der Waals surface area contributed by atoms with Crippen LogP contribution in [0.1, 0.15) is 43.4 Å². The molecular weight excluding hydrogens is 1120 g/mol. The van der Waals surface area contributed by atoms with Crippen molar-refractivity contribution in [3.05, 3.63) is 259 Å². The van der Waals surface area contributed by atoms with Crippen LogP contribution >= 0.6 is 33.8 Å². The molecule has 0 radical (unpaired) electrons. The topological polar surface area (TPSA) is 146 Å². The molecule has 0 aromatic heterocycles. The number of aliphatic hydroxyl groups excluding tert-OH is 1. The van der Waals surface area contributed by atoms with E-state index in [4.69, 9.17) is 18.1 Å². The molecule has 4 aliphatic rings. The maximum Gasteiger partial charge on any atom is 0.282 e. The molecule has 14 heteroatoms. The van der Waals surface area contributed by atoms with Crippen molar-refractivity contribution in [2.24, 2.45) is 0 Å². The van der Waals surface area contributed by atoms with Crippen LogP contribution in [0.2, 0.25) is 0 Å². The van der Waals surface area contributed by atoms with Gasteiger partial charge in [0.15, 0.2) is 0 Å². The van der Waals surface area contributed by atoms with E-state index in [0.717, 1.165) is 28.4 Å². The fourth-order valence-electron chi connectivity index (χ4n) is 10.3. The third-order valence-corrected chi connectivity index (χ3v) is 20.0. The normalized spacial score (nSPS) is 15.5. The summed E-state index contributed by atoms with van der Waals surface area (Å²) in [4.78, 5) is 33.9. The average Bonchev–Trinajstić information content (AvgIpc) is 3.65. The molecule has 9 aromatic rings. The Morgan fingerprint density at radius 2 is 0.905 bits per heavy atom. The lowest BCUT2D eigenvalue weighted by molar-refractivity contribution is -0.108. The molecule has 0 bridgehead atoms. The quantitative estimate of drug-likeness (QED) is 0.0525. The van der Waals surface area contributed by atoms with Gasteiger partial charge in [0, 0.05) is 67.6 Å². The Labute approximate surface area is 495 Å². The molecule has 84 heavy (non-hydrogen) atoms.